The summed E-state index contributed by atoms with van der Waals surface area (Å²) in [4.78, 5) is 13.0. The van der Waals surface area contributed by atoms with Gasteiger partial charge in [0.05, 0.1) is 18.2 Å². The molecule has 2 aromatic rings. The van der Waals surface area contributed by atoms with Crippen molar-refractivity contribution in [1.29, 1.82) is 0 Å². The van der Waals surface area contributed by atoms with Crippen LogP contribution in [0.5, 0.6) is 0 Å². The van der Waals surface area contributed by atoms with E-state index in [4.69, 9.17) is 4.74 Å². The number of methoxy groups -OCH3 is 1. The van der Waals surface area contributed by atoms with Crippen LogP contribution in [0.4, 0.5) is 0 Å². The zero-order chi connectivity index (χ0) is 20.1. The van der Waals surface area contributed by atoms with Crippen molar-refractivity contribution < 1.29 is 9.53 Å². The first-order chi connectivity index (χ1) is 13.5. The summed E-state index contributed by atoms with van der Waals surface area (Å²) in [5.41, 5.74) is 4.15. The molecule has 1 unspecified atom stereocenters. The maximum absolute atomic E-state index is 13.0. The van der Waals surface area contributed by atoms with Gasteiger partial charge in [-0.25, -0.2) is 0 Å². The van der Waals surface area contributed by atoms with Gasteiger partial charge in [-0.05, 0) is 58.3 Å². The van der Waals surface area contributed by atoms with Crippen molar-refractivity contribution in [2.75, 3.05) is 33.4 Å². The molecule has 0 saturated carbocycles. The number of aromatic nitrogens is 1. The van der Waals surface area contributed by atoms with Crippen molar-refractivity contribution in [3.05, 3.63) is 58.9 Å². The van der Waals surface area contributed by atoms with Gasteiger partial charge in [-0.15, -0.1) is 12.4 Å². The molecule has 1 aliphatic heterocycles. The SMILES string of the molecule is COCC1(CNC(=O)c2cc(C)n(C(C)c3ccccc3)c2C)CCNCC1.Cl. The lowest BCUT2D eigenvalue weighted by molar-refractivity contribution is 0.0511. The highest BCUT2D eigenvalue weighted by molar-refractivity contribution is 5.95. The number of piperidine rings is 1. The van der Waals surface area contributed by atoms with Gasteiger partial charge >= 0.3 is 0 Å². The topological polar surface area (TPSA) is 55.3 Å². The first-order valence-electron chi connectivity index (χ1n) is 10.2. The first kappa shape index (κ1) is 23.5. The number of aryl methyl sites for hydroxylation is 1. The monoisotopic (exact) mass is 419 g/mol. The van der Waals surface area contributed by atoms with Crippen molar-refractivity contribution in [2.24, 2.45) is 5.41 Å². The van der Waals surface area contributed by atoms with Gasteiger partial charge in [-0.3, -0.25) is 4.79 Å². The van der Waals surface area contributed by atoms with E-state index in [-0.39, 0.29) is 29.8 Å². The van der Waals surface area contributed by atoms with E-state index in [1.165, 1.54) is 5.56 Å². The molecule has 5 nitrogen and oxygen atoms in total. The zero-order valence-corrected chi connectivity index (χ0v) is 18.8. The van der Waals surface area contributed by atoms with Crippen LogP contribution < -0.4 is 10.6 Å². The number of amides is 1. The number of hydrogen-bond donors (Lipinski definition) is 2. The molecule has 0 spiro atoms. The molecule has 0 radical (unpaired) electrons. The van der Waals surface area contributed by atoms with Crippen LogP contribution in [0.25, 0.3) is 0 Å². The summed E-state index contributed by atoms with van der Waals surface area (Å²) in [6.45, 7) is 9.57. The Kier molecular flexibility index (Phi) is 8.32. The molecule has 1 saturated heterocycles. The van der Waals surface area contributed by atoms with E-state index in [0.29, 0.717) is 13.2 Å². The lowest BCUT2D eigenvalue weighted by atomic mass is 9.79. The summed E-state index contributed by atoms with van der Waals surface area (Å²) in [6.07, 6.45) is 2.04. The van der Waals surface area contributed by atoms with Crippen molar-refractivity contribution in [1.82, 2.24) is 15.2 Å². The highest BCUT2D eigenvalue weighted by Gasteiger charge is 2.33. The standard InChI is InChI=1S/C23H33N3O2.ClH/c1-17-14-21(19(3)26(17)18(2)20-8-6-5-7-9-20)22(27)25-15-23(16-28-4)10-12-24-13-11-23;/h5-9,14,18,24H,10-13,15-16H2,1-4H3,(H,25,27);1H. The Balaban J connectivity index is 0.00000300. The molecule has 1 fully saturated rings. The van der Waals surface area contributed by atoms with E-state index in [1.807, 2.05) is 19.1 Å². The van der Waals surface area contributed by atoms with Crippen LogP contribution in [-0.2, 0) is 4.74 Å². The molecular weight excluding hydrogens is 386 g/mol. The minimum absolute atomic E-state index is 0. The molecule has 0 aliphatic carbocycles. The number of carbonyl (C=O) groups is 1. The van der Waals surface area contributed by atoms with Crippen molar-refractivity contribution in [3.63, 3.8) is 0 Å². The van der Waals surface area contributed by atoms with Gasteiger partial charge in [0, 0.05) is 30.5 Å². The highest BCUT2D eigenvalue weighted by Crippen LogP contribution is 2.29. The van der Waals surface area contributed by atoms with Crippen LogP contribution in [0.15, 0.2) is 36.4 Å². The smallest absolute Gasteiger partial charge is 0.253 e. The van der Waals surface area contributed by atoms with Gasteiger partial charge in [0.2, 0.25) is 0 Å². The predicted molar refractivity (Wildman–Crippen MR) is 120 cm³/mol. The number of hydrogen-bond acceptors (Lipinski definition) is 3. The number of carbonyl (C=O) groups excluding carboxylic acids is 1. The first-order valence-corrected chi connectivity index (χ1v) is 10.2. The Morgan fingerprint density at radius 2 is 1.90 bits per heavy atom. The van der Waals surface area contributed by atoms with Gasteiger partial charge in [0.25, 0.3) is 5.91 Å². The van der Waals surface area contributed by atoms with Gasteiger partial charge in [0.15, 0.2) is 0 Å². The normalized spacial score (nSPS) is 16.7. The Morgan fingerprint density at radius 3 is 2.52 bits per heavy atom. The number of nitrogens with zero attached hydrogens (tertiary/aromatic N) is 1. The molecule has 0 bridgehead atoms. The molecular formula is C23H34ClN3O2. The number of ether oxygens (including phenoxy) is 1. The van der Waals surface area contributed by atoms with Crippen LogP contribution in [0.2, 0.25) is 0 Å². The molecule has 2 N–H and O–H groups in total. The second-order valence-electron chi connectivity index (χ2n) is 8.11. The summed E-state index contributed by atoms with van der Waals surface area (Å²) in [6, 6.07) is 12.6. The van der Waals surface area contributed by atoms with Gasteiger partial charge in [-0.2, -0.15) is 0 Å². The van der Waals surface area contributed by atoms with E-state index in [9.17, 15) is 4.79 Å². The Morgan fingerprint density at radius 1 is 1.24 bits per heavy atom. The summed E-state index contributed by atoms with van der Waals surface area (Å²) in [7, 11) is 1.74. The van der Waals surface area contributed by atoms with E-state index >= 15 is 0 Å². The third-order valence-corrected chi connectivity index (χ3v) is 6.14. The Labute approximate surface area is 180 Å². The van der Waals surface area contributed by atoms with E-state index in [2.05, 4.69) is 53.3 Å². The van der Waals surface area contributed by atoms with E-state index < -0.39 is 0 Å². The van der Waals surface area contributed by atoms with Gasteiger partial charge in [-0.1, -0.05) is 30.3 Å². The second-order valence-corrected chi connectivity index (χ2v) is 8.11. The lowest BCUT2D eigenvalue weighted by Crippen LogP contribution is -2.47. The summed E-state index contributed by atoms with van der Waals surface area (Å²) < 4.78 is 7.72. The number of halogens is 1. The molecule has 2 heterocycles. The minimum Gasteiger partial charge on any atom is -0.384 e. The predicted octanol–water partition coefficient (Wildman–Crippen LogP) is 3.88. The number of rotatable bonds is 7. The van der Waals surface area contributed by atoms with Crippen LogP contribution in [0, 0.1) is 19.3 Å². The second kappa shape index (κ2) is 10.3. The number of benzene rings is 1. The minimum atomic E-state index is 0. The summed E-state index contributed by atoms with van der Waals surface area (Å²) in [5.74, 6) is 0.00798. The Hall–Kier alpha value is -1.82. The third-order valence-electron chi connectivity index (χ3n) is 6.14. The molecule has 1 atom stereocenters. The average Bonchev–Trinajstić information content (AvgIpc) is 3.01. The fourth-order valence-electron chi connectivity index (χ4n) is 4.48. The van der Waals surface area contributed by atoms with Gasteiger partial charge in [0.1, 0.15) is 0 Å². The molecule has 1 aromatic heterocycles. The van der Waals surface area contributed by atoms with Gasteiger partial charge < -0.3 is 19.9 Å². The molecule has 1 amide bonds. The maximum atomic E-state index is 13.0. The Bertz CT molecular complexity index is 792. The highest BCUT2D eigenvalue weighted by atomic mass is 35.5. The molecule has 29 heavy (non-hydrogen) atoms. The fraction of sp³-hybridized carbons (Fsp3) is 0.522. The average molecular weight is 420 g/mol. The fourth-order valence-corrected chi connectivity index (χ4v) is 4.48. The molecule has 1 aromatic carbocycles. The van der Waals surface area contributed by atoms with Crippen LogP contribution in [0.3, 0.4) is 0 Å². The third kappa shape index (κ3) is 5.21. The van der Waals surface area contributed by atoms with Crippen molar-refractivity contribution in [3.8, 4) is 0 Å². The quantitative estimate of drug-likeness (QED) is 0.716. The summed E-state index contributed by atoms with van der Waals surface area (Å²) in [5, 5.41) is 6.59. The zero-order valence-electron chi connectivity index (χ0n) is 18.0. The van der Waals surface area contributed by atoms with Crippen LogP contribution in [0.1, 0.15) is 53.1 Å². The molecule has 3 rings (SSSR count). The summed E-state index contributed by atoms with van der Waals surface area (Å²) >= 11 is 0. The number of nitrogens with one attached hydrogen (secondary N) is 2. The maximum Gasteiger partial charge on any atom is 0.253 e. The van der Waals surface area contributed by atoms with Crippen molar-refractivity contribution >= 4 is 18.3 Å². The molecule has 6 heteroatoms. The van der Waals surface area contributed by atoms with E-state index in [1.54, 1.807) is 7.11 Å². The van der Waals surface area contributed by atoms with Crippen molar-refractivity contribution in [2.45, 2.75) is 39.7 Å². The van der Waals surface area contributed by atoms with Crippen LogP contribution in [-0.4, -0.2) is 43.8 Å². The van der Waals surface area contributed by atoms with Crippen LogP contribution >= 0.6 is 12.4 Å². The molecule has 160 valence electrons. The molecule has 1 aliphatic rings. The largest absolute Gasteiger partial charge is 0.384 e. The lowest BCUT2D eigenvalue weighted by Gasteiger charge is -2.37. The van der Waals surface area contributed by atoms with E-state index in [0.717, 1.165) is 42.9 Å².